The van der Waals surface area contributed by atoms with Crippen LogP contribution in [0.25, 0.3) is 0 Å². The van der Waals surface area contributed by atoms with Crippen molar-refractivity contribution in [2.24, 2.45) is 0 Å². The highest BCUT2D eigenvalue weighted by Crippen LogP contribution is 2.38. The largest absolute Gasteiger partial charge is 0.503 e. The van der Waals surface area contributed by atoms with Crippen molar-refractivity contribution in [2.75, 3.05) is 40.0 Å². The summed E-state index contributed by atoms with van der Waals surface area (Å²) in [5.41, 5.74) is -0.958. The Kier molecular flexibility index (Phi) is 33.0. The van der Waals surface area contributed by atoms with E-state index in [1.807, 2.05) is 129 Å². The molecule has 3 aromatic heterocycles. The fourth-order valence-electron chi connectivity index (χ4n) is 15.1. The first kappa shape index (κ1) is 93.9. The maximum absolute atomic E-state index is 14.1. The number of esters is 1. The number of alkyl carbamates (subject to hydrolysis) is 1. The predicted molar refractivity (Wildman–Crippen MR) is 450 cm³/mol. The molecule has 127 heavy (non-hydrogen) atoms. The third-order valence-electron chi connectivity index (χ3n) is 22.0. The Labute approximate surface area is 725 Å². The number of nitrogens with zero attached hydrogens (tertiary/aromatic N) is 5. The van der Waals surface area contributed by atoms with Crippen LogP contribution in [0.15, 0.2) is 195 Å². The maximum atomic E-state index is 14.1. The number of methoxy groups -OCH3 is 1. The number of halogens is 7. The molecule has 6 aromatic carbocycles. The fourth-order valence-corrected chi connectivity index (χ4v) is 15.1. The first-order valence-electron chi connectivity index (χ1n) is 41.5. The van der Waals surface area contributed by atoms with Gasteiger partial charge in [-0.2, -0.15) is 0 Å². The van der Waals surface area contributed by atoms with Gasteiger partial charge in [0.1, 0.15) is 84.4 Å². The summed E-state index contributed by atoms with van der Waals surface area (Å²) >= 11 is 0. The van der Waals surface area contributed by atoms with Crippen LogP contribution < -0.4 is 47.0 Å². The lowest BCUT2D eigenvalue weighted by molar-refractivity contribution is 0.0547. The number of hydrogen-bond acceptors (Lipinski definition) is 18. The maximum Gasteiger partial charge on any atom is 0.410 e. The van der Waals surface area contributed by atoms with E-state index < -0.39 is 128 Å². The molecule has 5 aliphatic rings. The molecule has 2 fully saturated rings. The standard InChI is InChI=1S/C29H29F2N3O4.C24H28N2O4.C21H20F3N3O4.C19H19F2NO6/c1-2-21-9-6-10-22-15-34(21)29(37)25-27(38-17-18-7-4-3-5-8-18)26(35)23(16-33(22)25)28(36)32-14-19-11-12-20(30)13-24(19)31;1-2-22-15-9-14-21(25-23(27)29-17-19-10-5-3-6-11-19)16-26(22)24(28)30-18-20-12-7-4-8-13-20;22-7-13-2-1-3-14-9-27(13)21(31)17-19(29)18(28)15(10-26(14)17)20(30)25-8-11-4-5-12(23)6-16(11)24;1-3-4-7-27-16-15(23)13(10-28-17(16)19(25)26-2)18(24)22-9-11-5-6-12(20)8-14(11)21/h3-5,7-8,11-13,16,21-22H,2,6,9-10,14-15,17H2,1H3,(H,32,36);3-13,15,21-22H,2,14,16-18H2,1H3,(H,25,27);4-6,10,13-14,29H,1-3,7-9H2,(H,25,30);5-6,8,10H,3-4,7,9H2,1-2H3,(H,22,24)/t2*21-,22-;13-,14+;/m001./s1. The number of aromatic hydroxyl groups is 1. The van der Waals surface area contributed by atoms with Gasteiger partial charge >= 0.3 is 18.2 Å². The van der Waals surface area contributed by atoms with Crippen LogP contribution >= 0.6 is 0 Å². The predicted octanol–water partition coefficient (Wildman–Crippen LogP) is 14.3. The SMILES string of the molecule is CCCCOc1c(C(=O)OC)occ(C(=O)NCc2ccc(F)cc2F)c1=O.CC[C@H]1C=CC[C@H](NC(=O)OCc2ccccc2)CN1C(=O)OCc1ccccc1.CC[C@H]1CCC[C@H]2CN1C(=O)c1c(OCc3ccccc3)c(=O)c(C(=O)NCc3ccc(F)cc3F)cn12.O=C(NCc1ccc(F)cc1F)c1cn2c(c(O)c1=O)C(=O)N1C[C@@H]2CCC[C@@H]1CF. The Bertz CT molecular complexity index is 5670. The molecule has 0 radical (unpaired) electrons. The van der Waals surface area contributed by atoms with Gasteiger partial charge < -0.3 is 73.4 Å². The molecule has 6 atom stereocenters. The molecular formula is C93H96F7N9O18. The van der Waals surface area contributed by atoms with Crippen LogP contribution in [0.3, 0.4) is 0 Å². The number of amides is 7. The lowest BCUT2D eigenvalue weighted by Gasteiger charge is -2.38. The molecule has 14 rings (SSSR count). The zero-order valence-corrected chi connectivity index (χ0v) is 70.0. The molecule has 8 heterocycles. The number of carbonyl (C=O) groups excluding carboxylic acids is 8. The highest BCUT2D eigenvalue weighted by molar-refractivity contribution is 6.01. The number of rotatable bonds is 25. The van der Waals surface area contributed by atoms with Crippen molar-refractivity contribution >= 4 is 47.7 Å². The fraction of sp³-hybridized carbons (Fsp3) is 0.344. The number of unbranched alkanes of at least 4 members (excludes halogenated alkanes) is 1. The molecular weight excluding hydrogens is 1660 g/mol. The quantitative estimate of drug-likeness (QED) is 0.0117. The van der Waals surface area contributed by atoms with Crippen LogP contribution in [0.1, 0.15) is 199 Å². The van der Waals surface area contributed by atoms with Crippen molar-refractivity contribution < 1.29 is 102 Å². The summed E-state index contributed by atoms with van der Waals surface area (Å²) in [4.78, 5) is 145. The molecule has 34 heteroatoms. The molecule has 0 aliphatic carbocycles. The molecule has 2 saturated heterocycles. The zero-order valence-electron chi connectivity index (χ0n) is 70.0. The molecule has 670 valence electrons. The minimum Gasteiger partial charge on any atom is -0.503 e. The number of ether oxygens (including phenoxy) is 5. The first-order valence-corrected chi connectivity index (χ1v) is 41.5. The second-order valence-corrected chi connectivity index (χ2v) is 30.5. The topological polar surface area (TPSA) is 335 Å². The molecule has 5 aliphatic heterocycles. The average Bonchev–Trinajstić information content (AvgIpc) is 1.73. The van der Waals surface area contributed by atoms with Gasteiger partial charge in [0, 0.05) is 92.6 Å². The van der Waals surface area contributed by atoms with E-state index in [1.165, 1.54) is 40.1 Å². The van der Waals surface area contributed by atoms with Crippen molar-refractivity contribution in [3.8, 4) is 17.2 Å². The zero-order chi connectivity index (χ0) is 91.0. The molecule has 27 nitrogen and oxygen atoms in total. The van der Waals surface area contributed by atoms with Crippen molar-refractivity contribution in [1.82, 2.24) is 45.1 Å². The van der Waals surface area contributed by atoms with Gasteiger partial charge in [-0.1, -0.05) is 149 Å². The lowest BCUT2D eigenvalue weighted by Crippen LogP contribution is -2.49. The van der Waals surface area contributed by atoms with E-state index in [2.05, 4.69) is 26.0 Å². The molecule has 5 N–H and O–H groups in total. The second-order valence-electron chi connectivity index (χ2n) is 30.5. The number of pyridine rings is 2. The van der Waals surface area contributed by atoms with Gasteiger partial charge in [0.25, 0.3) is 35.3 Å². The molecule has 4 bridgehead atoms. The van der Waals surface area contributed by atoms with Crippen LogP contribution in [0.4, 0.5) is 40.3 Å². The van der Waals surface area contributed by atoms with Crippen molar-refractivity contribution in [2.45, 2.75) is 167 Å². The van der Waals surface area contributed by atoms with Crippen LogP contribution in [0.2, 0.25) is 0 Å². The van der Waals surface area contributed by atoms with E-state index in [9.17, 15) is 88.6 Å². The van der Waals surface area contributed by atoms with Gasteiger partial charge in [0.05, 0.1) is 43.9 Å². The Morgan fingerprint density at radius 1 is 0.528 bits per heavy atom. The van der Waals surface area contributed by atoms with Crippen LogP contribution in [-0.4, -0.2) is 141 Å². The molecule has 7 amide bonds. The van der Waals surface area contributed by atoms with E-state index in [4.69, 9.17) is 23.4 Å². The summed E-state index contributed by atoms with van der Waals surface area (Å²) in [6, 6.07) is 35.9. The third kappa shape index (κ3) is 23.8. The Morgan fingerprint density at radius 2 is 1.00 bits per heavy atom. The smallest absolute Gasteiger partial charge is 0.410 e. The van der Waals surface area contributed by atoms with Crippen LogP contribution in [0, 0.1) is 34.9 Å². The minimum absolute atomic E-state index is 0.0175. The highest BCUT2D eigenvalue weighted by atomic mass is 19.2. The third-order valence-corrected chi connectivity index (χ3v) is 22.0. The summed E-state index contributed by atoms with van der Waals surface area (Å²) in [5, 5.41) is 20.6. The van der Waals surface area contributed by atoms with E-state index >= 15 is 0 Å². The van der Waals surface area contributed by atoms with Gasteiger partial charge in [0.2, 0.25) is 22.0 Å². The Balaban J connectivity index is 0.000000165. The Hall–Kier alpha value is -13.8. The average molecular weight is 1760 g/mol. The molecule has 0 saturated carbocycles. The summed E-state index contributed by atoms with van der Waals surface area (Å²) < 4.78 is 129. The van der Waals surface area contributed by atoms with Gasteiger partial charge in [-0.25, -0.2) is 45.1 Å². The van der Waals surface area contributed by atoms with Gasteiger partial charge in [-0.15, -0.1) is 0 Å². The summed E-state index contributed by atoms with van der Waals surface area (Å²) in [6.45, 7) is 6.10. The van der Waals surface area contributed by atoms with Gasteiger partial charge in [0.15, 0.2) is 22.9 Å². The van der Waals surface area contributed by atoms with E-state index in [-0.39, 0.29) is 134 Å². The number of hydrogen-bond donors (Lipinski definition) is 5. The molecule has 0 spiro atoms. The normalized spacial score (nSPS) is 17.1. The lowest BCUT2D eigenvalue weighted by atomic mass is 10.1. The van der Waals surface area contributed by atoms with Crippen molar-refractivity contribution in [3.05, 3.63) is 309 Å². The number of alkyl halides is 1. The van der Waals surface area contributed by atoms with Crippen molar-refractivity contribution in [3.63, 3.8) is 0 Å². The number of aromatic nitrogens is 2. The summed E-state index contributed by atoms with van der Waals surface area (Å²) in [6.07, 6.45) is 14.4. The number of carbonyl (C=O) groups is 8. The number of fused-ring (bicyclic) bond motifs is 8. The minimum atomic E-state index is -1.05. The molecule has 0 unspecified atom stereocenters. The summed E-state index contributed by atoms with van der Waals surface area (Å²) in [5.74, 6) is -11.0. The monoisotopic (exact) mass is 1760 g/mol. The number of benzene rings is 6. The van der Waals surface area contributed by atoms with Crippen LogP contribution in [0.5, 0.6) is 17.2 Å². The molecule has 9 aromatic rings. The Morgan fingerprint density at radius 3 is 1.50 bits per heavy atom. The summed E-state index contributed by atoms with van der Waals surface area (Å²) in [7, 11) is 1.11. The first-order chi connectivity index (χ1) is 61.2. The van der Waals surface area contributed by atoms with Gasteiger partial charge in [-0.05, 0) is 99.1 Å². The van der Waals surface area contributed by atoms with E-state index in [1.54, 1.807) is 9.47 Å². The highest BCUT2D eigenvalue weighted by Gasteiger charge is 2.43. The van der Waals surface area contributed by atoms with Crippen LogP contribution in [-0.2, 0) is 53.7 Å². The second kappa shape index (κ2) is 44.7. The van der Waals surface area contributed by atoms with Gasteiger partial charge in [-0.3, -0.25) is 43.3 Å². The van der Waals surface area contributed by atoms with Crippen molar-refractivity contribution in [1.29, 1.82) is 0 Å². The van der Waals surface area contributed by atoms with E-state index in [0.717, 1.165) is 92.9 Å². The number of nitrogens with one attached hydrogen (secondary N) is 4. The van der Waals surface area contributed by atoms with E-state index in [0.29, 0.717) is 57.3 Å².